The number of aryl methyl sites for hydroxylation is 1. The van der Waals surface area contributed by atoms with E-state index in [1.54, 1.807) is 6.08 Å². The first-order valence-electron chi connectivity index (χ1n) is 7.28. The average molecular weight is 324 g/mol. The van der Waals surface area contributed by atoms with Crippen molar-refractivity contribution in [2.75, 3.05) is 7.11 Å². The third-order valence-corrected chi connectivity index (χ3v) is 3.70. The lowest BCUT2D eigenvalue weighted by molar-refractivity contribution is 0.395. The summed E-state index contributed by atoms with van der Waals surface area (Å²) in [6.45, 7) is 0. The average Bonchev–Trinajstić information content (AvgIpc) is 2.63. The Morgan fingerprint density at radius 2 is 1.71 bits per heavy atom. The van der Waals surface area contributed by atoms with Crippen LogP contribution in [-0.2, 0) is 14.1 Å². The largest absolute Gasteiger partial charge is 0.479 e. The molecule has 0 aliphatic carbocycles. The molecule has 3 rings (SSSR count). The SMILES string of the molecule is COc1nc2c(nc1/C=C/c1ccccc1)c(=O)n(C)c(=O)n2C. The molecule has 0 saturated carbocycles. The fourth-order valence-electron chi connectivity index (χ4n) is 2.36. The Labute approximate surface area is 137 Å². The summed E-state index contributed by atoms with van der Waals surface area (Å²) >= 11 is 0. The Balaban J connectivity index is 2.24. The lowest BCUT2D eigenvalue weighted by Gasteiger charge is -2.09. The summed E-state index contributed by atoms with van der Waals surface area (Å²) in [4.78, 5) is 32.9. The van der Waals surface area contributed by atoms with Crippen LogP contribution >= 0.6 is 0 Å². The number of rotatable bonds is 3. The Bertz CT molecular complexity index is 1050. The number of hydrogen-bond donors (Lipinski definition) is 0. The van der Waals surface area contributed by atoms with Gasteiger partial charge in [-0.15, -0.1) is 0 Å². The van der Waals surface area contributed by atoms with Crippen LogP contribution in [0, 0.1) is 0 Å². The van der Waals surface area contributed by atoms with Crippen LogP contribution in [0.15, 0.2) is 39.9 Å². The Kier molecular flexibility index (Phi) is 3.99. The van der Waals surface area contributed by atoms with E-state index in [0.29, 0.717) is 5.69 Å². The van der Waals surface area contributed by atoms with E-state index in [1.165, 1.54) is 25.8 Å². The maximum absolute atomic E-state index is 12.3. The second kappa shape index (κ2) is 6.11. The highest BCUT2D eigenvalue weighted by Gasteiger charge is 2.15. The molecule has 0 fully saturated rings. The molecule has 1 aromatic carbocycles. The predicted molar refractivity (Wildman–Crippen MR) is 91.9 cm³/mol. The molecule has 0 saturated heterocycles. The van der Waals surface area contributed by atoms with E-state index in [-0.39, 0.29) is 17.0 Å². The third kappa shape index (κ3) is 2.60. The number of benzene rings is 1. The Morgan fingerprint density at radius 1 is 1.00 bits per heavy atom. The molecule has 0 N–H and O–H groups in total. The molecule has 3 aromatic rings. The van der Waals surface area contributed by atoms with Crippen molar-refractivity contribution in [2.24, 2.45) is 14.1 Å². The van der Waals surface area contributed by atoms with Crippen LogP contribution in [0.25, 0.3) is 23.3 Å². The summed E-state index contributed by atoms with van der Waals surface area (Å²) in [6, 6.07) is 9.67. The van der Waals surface area contributed by atoms with E-state index in [4.69, 9.17) is 4.74 Å². The summed E-state index contributed by atoms with van der Waals surface area (Å²) in [5, 5.41) is 0. The molecule has 24 heavy (non-hydrogen) atoms. The van der Waals surface area contributed by atoms with Crippen molar-refractivity contribution in [1.82, 2.24) is 19.1 Å². The van der Waals surface area contributed by atoms with Crippen LogP contribution in [-0.4, -0.2) is 26.2 Å². The van der Waals surface area contributed by atoms with E-state index in [9.17, 15) is 9.59 Å². The number of fused-ring (bicyclic) bond motifs is 1. The summed E-state index contributed by atoms with van der Waals surface area (Å²) in [7, 11) is 4.42. The van der Waals surface area contributed by atoms with Gasteiger partial charge in [0.25, 0.3) is 5.56 Å². The second-order valence-corrected chi connectivity index (χ2v) is 5.24. The molecule has 122 valence electrons. The minimum absolute atomic E-state index is 0.119. The zero-order chi connectivity index (χ0) is 17.3. The first kappa shape index (κ1) is 15.7. The molecule has 0 atom stereocenters. The summed E-state index contributed by atoms with van der Waals surface area (Å²) in [6.07, 6.45) is 3.58. The van der Waals surface area contributed by atoms with E-state index in [1.807, 2.05) is 36.4 Å². The van der Waals surface area contributed by atoms with Gasteiger partial charge in [-0.1, -0.05) is 36.4 Å². The molecule has 0 unspecified atom stereocenters. The first-order valence-corrected chi connectivity index (χ1v) is 7.28. The van der Waals surface area contributed by atoms with E-state index < -0.39 is 11.2 Å². The Morgan fingerprint density at radius 3 is 2.38 bits per heavy atom. The lowest BCUT2D eigenvalue weighted by Crippen LogP contribution is -2.37. The van der Waals surface area contributed by atoms with Crippen LogP contribution in [0.4, 0.5) is 0 Å². The van der Waals surface area contributed by atoms with Crippen molar-refractivity contribution in [1.29, 1.82) is 0 Å². The van der Waals surface area contributed by atoms with E-state index >= 15 is 0 Å². The quantitative estimate of drug-likeness (QED) is 0.723. The van der Waals surface area contributed by atoms with Crippen molar-refractivity contribution < 1.29 is 4.74 Å². The zero-order valence-corrected chi connectivity index (χ0v) is 13.6. The van der Waals surface area contributed by atoms with Crippen LogP contribution < -0.4 is 16.0 Å². The topological polar surface area (TPSA) is 79.0 Å². The smallest absolute Gasteiger partial charge is 0.332 e. The van der Waals surface area contributed by atoms with Gasteiger partial charge in [-0.2, -0.15) is 4.98 Å². The molecule has 2 aromatic heterocycles. The third-order valence-electron chi connectivity index (χ3n) is 3.70. The van der Waals surface area contributed by atoms with Crippen molar-refractivity contribution in [3.05, 3.63) is 62.4 Å². The van der Waals surface area contributed by atoms with Crippen molar-refractivity contribution in [3.63, 3.8) is 0 Å². The number of nitrogens with zero attached hydrogens (tertiary/aromatic N) is 4. The monoisotopic (exact) mass is 324 g/mol. The number of hydrogen-bond acceptors (Lipinski definition) is 5. The van der Waals surface area contributed by atoms with Gasteiger partial charge in [0, 0.05) is 14.1 Å². The fourth-order valence-corrected chi connectivity index (χ4v) is 2.36. The number of methoxy groups -OCH3 is 1. The van der Waals surface area contributed by atoms with Gasteiger partial charge in [0.1, 0.15) is 5.69 Å². The standard InChI is InChI=1S/C17H16N4O3/c1-20-14-13(16(22)21(2)17(20)23)18-12(15(19-14)24-3)10-9-11-7-5-4-6-8-11/h4-10H,1-3H3/b10-9+. The molecule has 0 spiro atoms. The molecule has 0 bridgehead atoms. The predicted octanol–water partition coefficient (Wildman–Crippen LogP) is 1.21. The molecule has 7 heteroatoms. The molecule has 0 amide bonds. The normalized spacial score (nSPS) is 11.3. The van der Waals surface area contributed by atoms with Gasteiger partial charge in [-0.05, 0) is 11.6 Å². The second-order valence-electron chi connectivity index (χ2n) is 5.24. The maximum Gasteiger partial charge on any atom is 0.332 e. The molecule has 2 heterocycles. The highest BCUT2D eigenvalue weighted by atomic mass is 16.5. The van der Waals surface area contributed by atoms with Crippen LogP contribution in [0.2, 0.25) is 0 Å². The Hall–Kier alpha value is -3.22. The van der Waals surface area contributed by atoms with Gasteiger partial charge >= 0.3 is 5.69 Å². The van der Waals surface area contributed by atoms with Crippen molar-refractivity contribution in [2.45, 2.75) is 0 Å². The highest BCUT2D eigenvalue weighted by molar-refractivity contribution is 5.76. The molecule has 0 radical (unpaired) electrons. The van der Waals surface area contributed by atoms with Gasteiger partial charge in [-0.25, -0.2) is 9.78 Å². The van der Waals surface area contributed by atoms with Crippen molar-refractivity contribution in [3.8, 4) is 5.88 Å². The van der Waals surface area contributed by atoms with Crippen LogP contribution in [0.3, 0.4) is 0 Å². The maximum atomic E-state index is 12.3. The van der Waals surface area contributed by atoms with E-state index in [0.717, 1.165) is 10.1 Å². The first-order chi connectivity index (χ1) is 11.5. The summed E-state index contributed by atoms with van der Waals surface area (Å²) in [5.41, 5.74) is 0.762. The summed E-state index contributed by atoms with van der Waals surface area (Å²) < 4.78 is 7.54. The number of ether oxygens (including phenoxy) is 1. The molecule has 7 nitrogen and oxygen atoms in total. The summed E-state index contributed by atoms with van der Waals surface area (Å²) in [5.74, 6) is 0.248. The van der Waals surface area contributed by atoms with Gasteiger partial charge in [0.15, 0.2) is 11.2 Å². The van der Waals surface area contributed by atoms with Gasteiger partial charge < -0.3 is 4.74 Å². The van der Waals surface area contributed by atoms with Crippen molar-refractivity contribution >= 4 is 23.3 Å². The minimum Gasteiger partial charge on any atom is -0.479 e. The fraction of sp³-hybridized carbons (Fsp3) is 0.176. The van der Waals surface area contributed by atoms with Crippen LogP contribution in [0.1, 0.15) is 11.3 Å². The molecular weight excluding hydrogens is 308 g/mol. The molecule has 0 aliphatic heterocycles. The minimum atomic E-state index is -0.488. The van der Waals surface area contributed by atoms with Gasteiger partial charge in [-0.3, -0.25) is 13.9 Å². The van der Waals surface area contributed by atoms with Gasteiger partial charge in [0.05, 0.1) is 7.11 Å². The number of aromatic nitrogens is 4. The van der Waals surface area contributed by atoms with Gasteiger partial charge in [0.2, 0.25) is 5.88 Å². The lowest BCUT2D eigenvalue weighted by atomic mass is 10.2. The van der Waals surface area contributed by atoms with E-state index in [2.05, 4.69) is 9.97 Å². The van der Waals surface area contributed by atoms with Crippen LogP contribution in [0.5, 0.6) is 5.88 Å². The zero-order valence-electron chi connectivity index (χ0n) is 13.6. The molecular formula is C17H16N4O3. The highest BCUT2D eigenvalue weighted by Crippen LogP contribution is 2.18. The molecule has 0 aliphatic rings.